The van der Waals surface area contributed by atoms with E-state index in [1.807, 2.05) is 6.08 Å². The van der Waals surface area contributed by atoms with Crippen LogP contribution in [0.4, 0.5) is 4.39 Å². The maximum Gasteiger partial charge on any atom is 0.312 e. The van der Waals surface area contributed by atoms with E-state index in [9.17, 15) is 14.3 Å². The molecule has 4 rings (SSSR count). The van der Waals surface area contributed by atoms with Crippen LogP contribution in [0.5, 0.6) is 0 Å². The van der Waals surface area contributed by atoms with Crippen molar-refractivity contribution in [3.05, 3.63) is 41.2 Å². The van der Waals surface area contributed by atoms with Gasteiger partial charge in [-0.15, -0.1) is 0 Å². The first kappa shape index (κ1) is 12.4. The highest BCUT2D eigenvalue weighted by atomic mass is 19.1. The zero-order chi connectivity index (χ0) is 13.7. The summed E-state index contributed by atoms with van der Waals surface area (Å²) in [7, 11) is 1.37. The first-order chi connectivity index (χ1) is 8.97. The second-order valence-electron chi connectivity index (χ2n) is 5.55. The molecule has 1 aromatic rings. The van der Waals surface area contributed by atoms with Gasteiger partial charge in [-0.05, 0) is 42.5 Å². The van der Waals surface area contributed by atoms with E-state index in [0.29, 0.717) is 19.3 Å². The number of rotatable bonds is 2. The summed E-state index contributed by atoms with van der Waals surface area (Å²) in [6.45, 7) is 0. The van der Waals surface area contributed by atoms with E-state index in [1.54, 1.807) is 12.1 Å². The third-order valence-electron chi connectivity index (χ3n) is 4.22. The van der Waals surface area contributed by atoms with Crippen molar-refractivity contribution in [3.63, 3.8) is 0 Å². The van der Waals surface area contributed by atoms with Crippen molar-refractivity contribution in [3.8, 4) is 0 Å². The van der Waals surface area contributed by atoms with Crippen molar-refractivity contribution < 1.29 is 19.0 Å². The lowest BCUT2D eigenvalue weighted by atomic mass is 9.67. The normalized spacial score (nSPS) is 34.2. The van der Waals surface area contributed by atoms with Gasteiger partial charge in [-0.2, -0.15) is 0 Å². The molecule has 100 valence electrons. The number of ether oxygens (including phenoxy) is 1. The highest BCUT2D eigenvalue weighted by molar-refractivity contribution is 5.82. The fourth-order valence-corrected chi connectivity index (χ4v) is 3.33. The van der Waals surface area contributed by atoms with E-state index in [1.165, 1.54) is 19.2 Å². The van der Waals surface area contributed by atoms with Gasteiger partial charge in [-0.3, -0.25) is 4.79 Å². The number of carbonyl (C=O) groups excluding carboxylic acids is 1. The molecule has 19 heavy (non-hydrogen) atoms. The second kappa shape index (κ2) is 3.90. The molecule has 0 saturated heterocycles. The number of fused-ring (bicyclic) bond motifs is 1. The van der Waals surface area contributed by atoms with Crippen molar-refractivity contribution in [2.75, 3.05) is 7.11 Å². The van der Waals surface area contributed by atoms with E-state index in [0.717, 1.165) is 11.1 Å². The minimum atomic E-state index is -0.886. The standard InChI is InChI=1S/C15H15FO3/c1-19-13(17)14-7-11(15(18,8-14)9-14)6-10-2-4-12(16)5-3-10/h2-6,18H,7-9H2,1H3/b11-6+. The Balaban J connectivity index is 1.88. The van der Waals surface area contributed by atoms with Crippen molar-refractivity contribution in [2.45, 2.75) is 24.9 Å². The zero-order valence-electron chi connectivity index (χ0n) is 10.6. The molecule has 3 aliphatic rings. The topological polar surface area (TPSA) is 46.5 Å². The predicted octanol–water partition coefficient (Wildman–Crippen LogP) is 2.30. The molecule has 1 N–H and O–H groups in total. The third kappa shape index (κ3) is 1.78. The summed E-state index contributed by atoms with van der Waals surface area (Å²) in [5.41, 5.74) is 0.236. The van der Waals surface area contributed by atoms with Crippen LogP contribution < -0.4 is 0 Å². The van der Waals surface area contributed by atoms with Gasteiger partial charge in [-0.1, -0.05) is 18.2 Å². The monoisotopic (exact) mass is 262 g/mol. The number of benzene rings is 1. The number of carbonyl (C=O) groups is 1. The summed E-state index contributed by atoms with van der Waals surface area (Å²) in [5, 5.41) is 10.4. The molecular formula is C15H15FO3. The average molecular weight is 262 g/mol. The molecule has 0 atom stereocenters. The van der Waals surface area contributed by atoms with Crippen molar-refractivity contribution >= 4 is 12.0 Å². The van der Waals surface area contributed by atoms with Gasteiger partial charge in [-0.25, -0.2) is 4.39 Å². The maximum atomic E-state index is 12.8. The van der Waals surface area contributed by atoms with Gasteiger partial charge in [0.25, 0.3) is 0 Å². The fourth-order valence-electron chi connectivity index (χ4n) is 3.33. The Morgan fingerprint density at radius 1 is 1.37 bits per heavy atom. The molecule has 2 bridgehead atoms. The van der Waals surface area contributed by atoms with Gasteiger partial charge in [0.05, 0.1) is 18.1 Å². The smallest absolute Gasteiger partial charge is 0.312 e. The fraction of sp³-hybridized carbons (Fsp3) is 0.400. The lowest BCUT2D eigenvalue weighted by Gasteiger charge is -2.41. The molecule has 1 aromatic carbocycles. The van der Waals surface area contributed by atoms with Crippen LogP contribution in [0.1, 0.15) is 24.8 Å². The van der Waals surface area contributed by atoms with E-state index in [2.05, 4.69) is 0 Å². The molecule has 0 unspecified atom stereocenters. The van der Waals surface area contributed by atoms with Crippen LogP contribution in [0.2, 0.25) is 0 Å². The van der Waals surface area contributed by atoms with E-state index in [-0.39, 0.29) is 11.8 Å². The molecular weight excluding hydrogens is 247 g/mol. The second-order valence-corrected chi connectivity index (χ2v) is 5.55. The van der Waals surface area contributed by atoms with Gasteiger partial charge in [0.15, 0.2) is 0 Å². The lowest BCUT2D eigenvalue weighted by Crippen LogP contribution is -2.48. The van der Waals surface area contributed by atoms with Crippen molar-refractivity contribution in [1.29, 1.82) is 0 Å². The number of hydrogen-bond acceptors (Lipinski definition) is 3. The highest BCUT2D eigenvalue weighted by Crippen LogP contribution is 2.64. The predicted molar refractivity (Wildman–Crippen MR) is 67.6 cm³/mol. The van der Waals surface area contributed by atoms with Crippen molar-refractivity contribution in [2.24, 2.45) is 5.41 Å². The first-order valence-corrected chi connectivity index (χ1v) is 6.25. The molecule has 3 nitrogen and oxygen atoms in total. The summed E-state index contributed by atoms with van der Waals surface area (Å²) in [6.07, 6.45) is 3.23. The molecule has 0 heterocycles. The quantitative estimate of drug-likeness (QED) is 0.832. The molecule has 0 amide bonds. The van der Waals surface area contributed by atoms with Crippen LogP contribution in [0.25, 0.3) is 6.08 Å². The molecule has 0 aromatic heterocycles. The minimum absolute atomic E-state index is 0.250. The van der Waals surface area contributed by atoms with Crippen LogP contribution >= 0.6 is 0 Å². The highest BCUT2D eigenvalue weighted by Gasteiger charge is 2.67. The molecule has 0 aliphatic heterocycles. The number of aliphatic hydroxyl groups is 1. The van der Waals surface area contributed by atoms with Crippen LogP contribution in [-0.2, 0) is 9.53 Å². The largest absolute Gasteiger partial charge is 0.469 e. The minimum Gasteiger partial charge on any atom is -0.469 e. The Hall–Kier alpha value is -1.68. The molecule has 3 saturated carbocycles. The number of methoxy groups -OCH3 is 1. The Morgan fingerprint density at radius 2 is 2.00 bits per heavy atom. The van der Waals surface area contributed by atoms with E-state index >= 15 is 0 Å². The molecule has 0 radical (unpaired) electrons. The average Bonchev–Trinajstić information content (AvgIpc) is 2.79. The molecule has 4 heteroatoms. The van der Waals surface area contributed by atoms with Crippen LogP contribution in [0.15, 0.2) is 29.8 Å². The van der Waals surface area contributed by atoms with Gasteiger partial charge >= 0.3 is 5.97 Å². The summed E-state index contributed by atoms with van der Waals surface area (Å²) in [4.78, 5) is 11.7. The van der Waals surface area contributed by atoms with Crippen LogP contribution in [0, 0.1) is 11.2 Å². The molecule has 3 aliphatic carbocycles. The summed E-state index contributed by atoms with van der Waals surface area (Å²) in [6, 6.07) is 6.08. The SMILES string of the molecule is COC(=O)C12C/C(=C\c3ccc(F)cc3)C(O)(C1)C2. The third-order valence-corrected chi connectivity index (χ3v) is 4.22. The van der Waals surface area contributed by atoms with Crippen LogP contribution in [0.3, 0.4) is 0 Å². The number of halogens is 1. The summed E-state index contributed by atoms with van der Waals surface area (Å²) < 4.78 is 17.6. The van der Waals surface area contributed by atoms with Gasteiger partial charge < -0.3 is 9.84 Å². The van der Waals surface area contributed by atoms with Gasteiger partial charge in [0.2, 0.25) is 0 Å². The lowest BCUT2D eigenvalue weighted by molar-refractivity contribution is -0.166. The Bertz CT molecular complexity index is 553. The van der Waals surface area contributed by atoms with E-state index < -0.39 is 11.0 Å². The van der Waals surface area contributed by atoms with Crippen molar-refractivity contribution in [1.82, 2.24) is 0 Å². The molecule has 3 fully saturated rings. The Morgan fingerprint density at radius 3 is 2.58 bits per heavy atom. The number of hydrogen-bond donors (Lipinski definition) is 1. The number of esters is 1. The van der Waals surface area contributed by atoms with E-state index in [4.69, 9.17) is 4.74 Å². The van der Waals surface area contributed by atoms with Gasteiger partial charge in [0.1, 0.15) is 5.82 Å². The molecule has 0 spiro atoms. The van der Waals surface area contributed by atoms with Crippen LogP contribution in [-0.4, -0.2) is 23.8 Å². The zero-order valence-corrected chi connectivity index (χ0v) is 10.6. The summed E-state index contributed by atoms with van der Waals surface area (Å²) in [5.74, 6) is -0.540. The summed E-state index contributed by atoms with van der Waals surface area (Å²) >= 11 is 0. The Labute approximate surface area is 110 Å². The Kier molecular flexibility index (Phi) is 2.54. The van der Waals surface area contributed by atoms with Gasteiger partial charge in [0, 0.05) is 0 Å². The maximum absolute atomic E-state index is 12.8. The first-order valence-electron chi connectivity index (χ1n) is 6.25.